The molecule has 6 nitrogen and oxygen atoms in total. The van der Waals surface area contributed by atoms with Crippen LogP contribution >= 0.6 is 0 Å². The highest BCUT2D eigenvalue weighted by Crippen LogP contribution is 2.31. The standard InChI is InChI=1S/C12H11FN4O2/c1-16-9(18)5-8(11(16)19)17-7-4-2-3-6(13)10(7)15-12(17)14/h2-4,8H,5H2,1H3,(H2,14,15). The van der Waals surface area contributed by atoms with Gasteiger partial charge in [0, 0.05) is 7.05 Å². The zero-order chi connectivity index (χ0) is 13.7. The van der Waals surface area contributed by atoms with Crippen LogP contribution in [0.1, 0.15) is 12.5 Å². The highest BCUT2D eigenvalue weighted by molar-refractivity contribution is 6.05. The maximum atomic E-state index is 13.6. The van der Waals surface area contributed by atoms with Crippen molar-refractivity contribution in [3.05, 3.63) is 24.0 Å². The first kappa shape index (κ1) is 11.6. The lowest BCUT2D eigenvalue weighted by Crippen LogP contribution is -2.27. The van der Waals surface area contributed by atoms with E-state index in [9.17, 15) is 14.0 Å². The second-order valence-corrected chi connectivity index (χ2v) is 4.46. The Kier molecular flexibility index (Phi) is 2.31. The van der Waals surface area contributed by atoms with Crippen molar-refractivity contribution in [3.8, 4) is 0 Å². The van der Waals surface area contributed by atoms with Crippen LogP contribution in [0.15, 0.2) is 18.2 Å². The van der Waals surface area contributed by atoms with Gasteiger partial charge in [0.15, 0.2) is 5.82 Å². The first-order valence-corrected chi connectivity index (χ1v) is 5.73. The summed E-state index contributed by atoms with van der Waals surface area (Å²) in [6.07, 6.45) is 0.0154. The van der Waals surface area contributed by atoms with Crippen molar-refractivity contribution < 1.29 is 14.0 Å². The van der Waals surface area contributed by atoms with Crippen LogP contribution in [0, 0.1) is 5.82 Å². The van der Waals surface area contributed by atoms with E-state index in [0.717, 1.165) is 4.90 Å². The van der Waals surface area contributed by atoms with Gasteiger partial charge in [-0.05, 0) is 12.1 Å². The summed E-state index contributed by atoms with van der Waals surface area (Å²) in [4.78, 5) is 28.5. The third kappa shape index (κ3) is 1.51. The number of hydrogen-bond acceptors (Lipinski definition) is 4. The van der Waals surface area contributed by atoms with Gasteiger partial charge in [-0.25, -0.2) is 9.37 Å². The van der Waals surface area contributed by atoms with Crippen molar-refractivity contribution in [3.63, 3.8) is 0 Å². The fourth-order valence-corrected chi connectivity index (χ4v) is 2.37. The van der Waals surface area contributed by atoms with Crippen LogP contribution in [0.2, 0.25) is 0 Å². The van der Waals surface area contributed by atoms with Crippen molar-refractivity contribution in [1.29, 1.82) is 0 Å². The first-order chi connectivity index (χ1) is 9.00. The first-order valence-electron chi connectivity index (χ1n) is 5.73. The smallest absolute Gasteiger partial charge is 0.252 e. The largest absolute Gasteiger partial charge is 0.369 e. The average Bonchev–Trinajstić information content (AvgIpc) is 2.83. The molecule has 0 radical (unpaired) electrons. The third-order valence-corrected chi connectivity index (χ3v) is 3.37. The predicted molar refractivity (Wildman–Crippen MR) is 65.5 cm³/mol. The Morgan fingerprint density at radius 1 is 1.42 bits per heavy atom. The Hall–Kier alpha value is -2.44. The van der Waals surface area contributed by atoms with Crippen LogP contribution in [0.4, 0.5) is 10.3 Å². The molecule has 2 aromatic rings. The fourth-order valence-electron chi connectivity index (χ4n) is 2.37. The maximum absolute atomic E-state index is 13.6. The molecule has 0 bridgehead atoms. The lowest BCUT2D eigenvalue weighted by molar-refractivity contribution is -0.137. The van der Waals surface area contributed by atoms with Gasteiger partial charge < -0.3 is 5.73 Å². The van der Waals surface area contributed by atoms with Gasteiger partial charge in [0.05, 0.1) is 11.9 Å². The van der Waals surface area contributed by atoms with Gasteiger partial charge in [0.1, 0.15) is 11.6 Å². The molecule has 0 saturated carbocycles. The zero-order valence-electron chi connectivity index (χ0n) is 10.1. The Bertz CT molecular complexity index is 709. The second kappa shape index (κ2) is 3.78. The molecule has 1 atom stereocenters. The summed E-state index contributed by atoms with van der Waals surface area (Å²) in [6.45, 7) is 0. The topological polar surface area (TPSA) is 81.2 Å². The van der Waals surface area contributed by atoms with Crippen LogP contribution in [0.3, 0.4) is 0 Å². The Morgan fingerprint density at radius 3 is 2.79 bits per heavy atom. The fraction of sp³-hybridized carbons (Fsp3) is 0.250. The molecule has 3 rings (SSSR count). The molecular weight excluding hydrogens is 251 g/mol. The summed E-state index contributed by atoms with van der Waals surface area (Å²) in [5, 5.41) is 0. The Balaban J connectivity index is 2.21. The summed E-state index contributed by atoms with van der Waals surface area (Å²) < 4.78 is 15.0. The number of imide groups is 1. The van der Waals surface area contributed by atoms with E-state index in [1.54, 1.807) is 6.07 Å². The highest BCUT2D eigenvalue weighted by atomic mass is 19.1. The minimum Gasteiger partial charge on any atom is -0.369 e. The van der Waals surface area contributed by atoms with Crippen LogP contribution in [0.25, 0.3) is 11.0 Å². The normalized spacial score (nSPS) is 19.7. The van der Waals surface area contributed by atoms with Crippen LogP contribution in [-0.4, -0.2) is 33.3 Å². The number of anilines is 1. The van der Waals surface area contributed by atoms with Crippen LogP contribution in [0.5, 0.6) is 0 Å². The second-order valence-electron chi connectivity index (χ2n) is 4.46. The van der Waals surface area contributed by atoms with E-state index in [2.05, 4.69) is 4.98 Å². The van der Waals surface area contributed by atoms with Gasteiger partial charge in [-0.15, -0.1) is 0 Å². The number of nitrogens with zero attached hydrogens (tertiary/aromatic N) is 3. The third-order valence-electron chi connectivity index (χ3n) is 3.37. The molecule has 1 fully saturated rings. The number of fused-ring (bicyclic) bond motifs is 1. The van der Waals surface area contributed by atoms with Crippen molar-refractivity contribution >= 4 is 28.8 Å². The molecule has 1 unspecified atom stereocenters. The number of aromatic nitrogens is 2. The average molecular weight is 262 g/mol. The number of rotatable bonds is 1. The highest BCUT2D eigenvalue weighted by Gasteiger charge is 2.39. The molecular formula is C12H11FN4O2. The zero-order valence-corrected chi connectivity index (χ0v) is 10.1. The van der Waals surface area contributed by atoms with E-state index in [1.807, 2.05) is 0 Å². The monoisotopic (exact) mass is 262 g/mol. The maximum Gasteiger partial charge on any atom is 0.252 e. The minimum absolute atomic E-state index is 0.0154. The molecule has 1 aromatic carbocycles. The van der Waals surface area contributed by atoms with Crippen molar-refractivity contribution in [2.24, 2.45) is 0 Å². The van der Waals surface area contributed by atoms with Crippen LogP contribution < -0.4 is 5.73 Å². The van der Waals surface area contributed by atoms with Crippen LogP contribution in [-0.2, 0) is 9.59 Å². The van der Waals surface area contributed by atoms with Gasteiger partial charge >= 0.3 is 0 Å². The Labute approximate surface area is 107 Å². The number of likely N-dealkylation sites (N-methyl/N-ethyl adjacent to an activating group) is 1. The molecule has 2 heterocycles. The van der Waals surface area contributed by atoms with Crippen molar-refractivity contribution in [2.75, 3.05) is 12.8 Å². The molecule has 19 heavy (non-hydrogen) atoms. The molecule has 0 aliphatic carbocycles. The SMILES string of the molecule is CN1C(=O)CC(n2c(N)nc3c(F)cccc32)C1=O. The molecule has 7 heteroatoms. The number of likely N-dealkylation sites (tertiary alicyclic amines) is 1. The molecule has 0 spiro atoms. The molecule has 1 aliphatic rings. The van der Waals surface area contributed by atoms with Gasteiger partial charge in [-0.1, -0.05) is 6.07 Å². The summed E-state index contributed by atoms with van der Waals surface area (Å²) in [6, 6.07) is 3.66. The van der Waals surface area contributed by atoms with Crippen molar-refractivity contribution in [1.82, 2.24) is 14.5 Å². The summed E-state index contributed by atoms with van der Waals surface area (Å²) in [5.41, 5.74) is 6.28. The Morgan fingerprint density at radius 2 is 2.16 bits per heavy atom. The number of carbonyl (C=O) groups is 2. The lowest BCUT2D eigenvalue weighted by Gasteiger charge is -2.12. The van der Waals surface area contributed by atoms with E-state index in [-0.39, 0.29) is 29.7 Å². The minimum atomic E-state index is -0.746. The van der Waals surface area contributed by atoms with Gasteiger partial charge in [-0.3, -0.25) is 19.1 Å². The molecule has 2 N–H and O–H groups in total. The molecule has 98 valence electrons. The number of benzene rings is 1. The number of amides is 2. The quantitative estimate of drug-likeness (QED) is 0.766. The van der Waals surface area contributed by atoms with E-state index in [4.69, 9.17) is 5.73 Å². The van der Waals surface area contributed by atoms with E-state index in [0.29, 0.717) is 5.52 Å². The van der Waals surface area contributed by atoms with Gasteiger partial charge in [0.25, 0.3) is 5.91 Å². The van der Waals surface area contributed by atoms with Gasteiger partial charge in [-0.2, -0.15) is 0 Å². The van der Waals surface area contributed by atoms with Crippen molar-refractivity contribution in [2.45, 2.75) is 12.5 Å². The van der Waals surface area contributed by atoms with Gasteiger partial charge in [0.2, 0.25) is 11.9 Å². The number of hydrogen-bond donors (Lipinski definition) is 1. The number of para-hydroxylation sites is 1. The molecule has 1 saturated heterocycles. The van der Waals surface area contributed by atoms with E-state index in [1.165, 1.54) is 23.7 Å². The number of carbonyl (C=O) groups excluding carboxylic acids is 2. The van der Waals surface area contributed by atoms with E-state index >= 15 is 0 Å². The number of nitrogens with two attached hydrogens (primary N) is 1. The number of imidazole rings is 1. The molecule has 1 aromatic heterocycles. The predicted octanol–water partition coefficient (Wildman–Crippen LogP) is 0.687. The molecule has 2 amide bonds. The number of halogens is 1. The number of nitrogen functional groups attached to an aromatic ring is 1. The van der Waals surface area contributed by atoms with E-state index < -0.39 is 11.9 Å². The summed E-state index contributed by atoms with van der Waals surface area (Å²) in [5.74, 6) is -1.12. The summed E-state index contributed by atoms with van der Waals surface area (Å²) >= 11 is 0. The molecule has 1 aliphatic heterocycles. The lowest BCUT2D eigenvalue weighted by atomic mass is 10.2. The summed E-state index contributed by atoms with van der Waals surface area (Å²) in [7, 11) is 1.42.